The van der Waals surface area contributed by atoms with Crippen molar-refractivity contribution in [2.75, 3.05) is 13.7 Å². The topological polar surface area (TPSA) is 38.3 Å². The van der Waals surface area contributed by atoms with Crippen LogP contribution in [0.3, 0.4) is 0 Å². The number of carbonyl (C=O) groups is 1. The number of hydrogen-bond donors (Lipinski definition) is 1. The number of rotatable bonds is 6. The van der Waals surface area contributed by atoms with E-state index < -0.39 is 0 Å². The molecular formula is C11H19NO2. The zero-order chi connectivity index (χ0) is 10.6. The van der Waals surface area contributed by atoms with Crippen molar-refractivity contribution in [1.82, 2.24) is 5.32 Å². The molecule has 1 rings (SSSR count). The molecule has 0 aromatic heterocycles. The molecule has 80 valence electrons. The molecule has 1 atom stereocenters. The van der Waals surface area contributed by atoms with Crippen LogP contribution in [0.1, 0.15) is 26.2 Å². The third-order valence-corrected chi connectivity index (χ3v) is 2.30. The Morgan fingerprint density at radius 2 is 2.29 bits per heavy atom. The van der Waals surface area contributed by atoms with Gasteiger partial charge in [0, 0.05) is 13.5 Å². The molecule has 14 heavy (non-hydrogen) atoms. The quantitative estimate of drug-likeness (QED) is 0.655. The average Bonchev–Trinajstić information content (AvgIpc) is 2.93. The summed E-state index contributed by atoms with van der Waals surface area (Å²) in [5.74, 6) is 0.640. The molecule has 1 aliphatic rings. The molecule has 3 nitrogen and oxygen atoms in total. The molecule has 0 saturated heterocycles. The van der Waals surface area contributed by atoms with Crippen molar-refractivity contribution in [3.63, 3.8) is 0 Å². The van der Waals surface area contributed by atoms with E-state index in [1.54, 1.807) is 7.05 Å². The summed E-state index contributed by atoms with van der Waals surface area (Å²) in [6.07, 6.45) is 2.76. The first-order valence-electron chi connectivity index (χ1n) is 5.11. The predicted molar refractivity (Wildman–Crippen MR) is 56.0 cm³/mol. The lowest BCUT2D eigenvalue weighted by Crippen LogP contribution is -2.34. The van der Waals surface area contributed by atoms with Crippen LogP contribution in [0, 0.1) is 5.92 Å². The Hall–Kier alpha value is -0.830. The fraction of sp³-hybridized carbons (Fsp3) is 0.727. The van der Waals surface area contributed by atoms with Gasteiger partial charge in [0.1, 0.15) is 6.10 Å². The van der Waals surface area contributed by atoms with Crippen molar-refractivity contribution >= 4 is 5.91 Å². The Balaban J connectivity index is 2.33. The van der Waals surface area contributed by atoms with Crippen LogP contribution in [0.25, 0.3) is 0 Å². The third kappa shape index (κ3) is 3.92. The number of hydrogen-bond acceptors (Lipinski definition) is 2. The number of likely N-dealkylation sites (N-methyl/N-ethyl adjacent to an activating group) is 1. The molecule has 1 fully saturated rings. The molecule has 0 aromatic carbocycles. The molecule has 1 saturated carbocycles. The zero-order valence-electron chi connectivity index (χ0n) is 9.01. The van der Waals surface area contributed by atoms with Gasteiger partial charge < -0.3 is 10.1 Å². The van der Waals surface area contributed by atoms with Gasteiger partial charge in [-0.15, -0.1) is 6.58 Å². The summed E-state index contributed by atoms with van der Waals surface area (Å²) < 4.78 is 5.56. The standard InChI is InChI=1S/C11H19NO2/c1-8(2)6-10(11(13)12-3)14-7-9-4-5-9/h9-10H,1,4-7H2,2-3H3,(H,12,13). The van der Waals surface area contributed by atoms with Crippen molar-refractivity contribution in [2.45, 2.75) is 32.3 Å². The van der Waals surface area contributed by atoms with Gasteiger partial charge in [-0.25, -0.2) is 0 Å². The van der Waals surface area contributed by atoms with Gasteiger partial charge in [0.05, 0.1) is 6.61 Å². The summed E-state index contributed by atoms with van der Waals surface area (Å²) in [6.45, 7) is 6.42. The second-order valence-electron chi connectivity index (χ2n) is 4.04. The molecule has 1 N–H and O–H groups in total. The van der Waals surface area contributed by atoms with E-state index in [1.165, 1.54) is 12.8 Å². The van der Waals surface area contributed by atoms with Crippen LogP contribution in [0.15, 0.2) is 12.2 Å². The fourth-order valence-corrected chi connectivity index (χ4v) is 1.24. The Morgan fingerprint density at radius 3 is 2.71 bits per heavy atom. The van der Waals surface area contributed by atoms with Gasteiger partial charge in [-0.2, -0.15) is 0 Å². The normalized spacial score (nSPS) is 17.6. The molecule has 1 aliphatic carbocycles. The summed E-state index contributed by atoms with van der Waals surface area (Å²) in [5.41, 5.74) is 0.981. The predicted octanol–water partition coefficient (Wildman–Crippen LogP) is 1.49. The second kappa shape index (κ2) is 5.15. The molecule has 0 heterocycles. The summed E-state index contributed by atoms with van der Waals surface area (Å²) in [6, 6.07) is 0. The summed E-state index contributed by atoms with van der Waals surface area (Å²) in [7, 11) is 1.63. The van der Waals surface area contributed by atoms with Gasteiger partial charge >= 0.3 is 0 Å². The molecule has 0 radical (unpaired) electrons. The van der Waals surface area contributed by atoms with Crippen molar-refractivity contribution in [3.05, 3.63) is 12.2 Å². The third-order valence-electron chi connectivity index (χ3n) is 2.30. The van der Waals surface area contributed by atoms with Gasteiger partial charge in [0.2, 0.25) is 5.91 Å². The molecule has 1 unspecified atom stereocenters. The van der Waals surface area contributed by atoms with Crippen LogP contribution in [0.2, 0.25) is 0 Å². The highest BCUT2D eigenvalue weighted by Crippen LogP contribution is 2.29. The Morgan fingerprint density at radius 1 is 1.64 bits per heavy atom. The maximum absolute atomic E-state index is 11.4. The van der Waals surface area contributed by atoms with Crippen LogP contribution in [0.5, 0.6) is 0 Å². The van der Waals surface area contributed by atoms with Gasteiger partial charge in [-0.1, -0.05) is 5.57 Å². The smallest absolute Gasteiger partial charge is 0.249 e. The second-order valence-corrected chi connectivity index (χ2v) is 4.04. The number of nitrogens with one attached hydrogen (secondary N) is 1. The van der Waals surface area contributed by atoms with Crippen molar-refractivity contribution < 1.29 is 9.53 Å². The van der Waals surface area contributed by atoms with E-state index in [9.17, 15) is 4.79 Å². The van der Waals surface area contributed by atoms with E-state index in [0.717, 1.165) is 5.57 Å². The molecule has 0 spiro atoms. The SMILES string of the molecule is C=C(C)CC(OCC1CC1)C(=O)NC. The molecule has 0 aliphatic heterocycles. The van der Waals surface area contributed by atoms with Crippen LogP contribution < -0.4 is 5.32 Å². The highest BCUT2D eigenvalue weighted by Gasteiger charge is 2.25. The Kier molecular flexibility index (Phi) is 4.14. The Bertz CT molecular complexity index is 221. The lowest BCUT2D eigenvalue weighted by Gasteiger charge is -2.16. The minimum Gasteiger partial charge on any atom is -0.368 e. The van der Waals surface area contributed by atoms with Gasteiger partial charge in [0.15, 0.2) is 0 Å². The lowest BCUT2D eigenvalue weighted by atomic mass is 10.1. The van der Waals surface area contributed by atoms with E-state index in [2.05, 4.69) is 11.9 Å². The van der Waals surface area contributed by atoms with Crippen LogP contribution in [-0.2, 0) is 9.53 Å². The summed E-state index contributed by atoms with van der Waals surface area (Å²) in [5, 5.41) is 2.61. The lowest BCUT2D eigenvalue weighted by molar-refractivity contribution is -0.132. The minimum absolute atomic E-state index is 0.0475. The molecule has 0 bridgehead atoms. The minimum atomic E-state index is -0.349. The van der Waals surface area contributed by atoms with Crippen LogP contribution in [0.4, 0.5) is 0 Å². The number of carbonyl (C=O) groups excluding carboxylic acids is 1. The van der Waals surface area contributed by atoms with Crippen LogP contribution in [-0.4, -0.2) is 25.7 Å². The summed E-state index contributed by atoms with van der Waals surface area (Å²) >= 11 is 0. The van der Waals surface area contributed by atoms with E-state index in [0.29, 0.717) is 18.9 Å². The highest BCUT2D eigenvalue weighted by molar-refractivity contribution is 5.80. The van der Waals surface area contributed by atoms with Gasteiger partial charge in [-0.3, -0.25) is 4.79 Å². The Labute approximate surface area is 85.5 Å². The average molecular weight is 197 g/mol. The highest BCUT2D eigenvalue weighted by atomic mass is 16.5. The van der Waals surface area contributed by atoms with Crippen LogP contribution >= 0.6 is 0 Å². The van der Waals surface area contributed by atoms with E-state index in [-0.39, 0.29) is 12.0 Å². The maximum Gasteiger partial charge on any atom is 0.249 e. The van der Waals surface area contributed by atoms with Gasteiger partial charge in [-0.05, 0) is 25.7 Å². The van der Waals surface area contributed by atoms with E-state index in [4.69, 9.17) is 4.74 Å². The van der Waals surface area contributed by atoms with Crippen molar-refractivity contribution in [2.24, 2.45) is 5.92 Å². The molecule has 3 heteroatoms. The number of ether oxygens (including phenoxy) is 1. The van der Waals surface area contributed by atoms with E-state index >= 15 is 0 Å². The monoisotopic (exact) mass is 197 g/mol. The first-order valence-corrected chi connectivity index (χ1v) is 5.11. The van der Waals surface area contributed by atoms with Gasteiger partial charge in [0.25, 0.3) is 0 Å². The first kappa shape index (κ1) is 11.2. The maximum atomic E-state index is 11.4. The molecular weight excluding hydrogens is 178 g/mol. The largest absolute Gasteiger partial charge is 0.368 e. The van der Waals surface area contributed by atoms with Crippen molar-refractivity contribution in [1.29, 1.82) is 0 Å². The number of amides is 1. The van der Waals surface area contributed by atoms with E-state index in [1.807, 2.05) is 6.92 Å². The molecule has 0 aromatic rings. The fourth-order valence-electron chi connectivity index (χ4n) is 1.24. The zero-order valence-corrected chi connectivity index (χ0v) is 9.01. The summed E-state index contributed by atoms with van der Waals surface area (Å²) in [4.78, 5) is 11.4. The molecule has 1 amide bonds. The first-order chi connectivity index (χ1) is 6.63. The van der Waals surface area contributed by atoms with Crippen molar-refractivity contribution in [3.8, 4) is 0 Å².